The highest BCUT2D eigenvalue weighted by molar-refractivity contribution is 5.67. The standard InChI is InChI=1S/C6H11N3O2.5H2/c1-4(2)5(8-9-7)3-6(10)11;;;;;/h4-5H,3H2,1-2H3,(H,10,11);5*1H/t5-;;;;;/m0...../s1/i;5*1+1D. The first-order valence-corrected chi connectivity index (χ1v) is 3.34. The zero-order chi connectivity index (χ0) is 18.9. The smallest absolute Gasteiger partial charge is 0.303 e. The van der Waals surface area contributed by atoms with Crippen LogP contribution in [-0.4, -0.2) is 17.1 Å². The normalized spacial score (nSPS) is 15.9. The van der Waals surface area contributed by atoms with E-state index in [0.29, 0.717) is 0 Å². The maximum Gasteiger partial charge on any atom is 0.303 e. The average molecular weight is 177 g/mol. The third kappa shape index (κ3) is 4.22. The number of hydrogen-bond donors (Lipinski definition) is 1. The number of carbonyl (C=O) groups is 1. The van der Waals surface area contributed by atoms with E-state index in [1.54, 1.807) is 0 Å². The van der Waals surface area contributed by atoms with Crippen molar-refractivity contribution in [1.29, 1.82) is 0 Å². The predicted octanol–water partition coefficient (Wildman–Crippen LogP) is 3.03. The molecule has 0 bridgehead atoms. The second kappa shape index (κ2) is 4.57. The topological polar surface area (TPSA) is 86.1 Å². The van der Waals surface area contributed by atoms with Gasteiger partial charge in [0.15, 0.2) is 0 Å². The molecule has 0 aromatic heterocycles. The first-order valence-electron chi connectivity index (χ1n) is 8.34. The third-order valence-electron chi connectivity index (χ3n) is 1.35. The Bertz CT molecular complexity index is 205. The number of carboxylic acid groups (broad SMARTS) is 1. The lowest BCUT2D eigenvalue weighted by molar-refractivity contribution is -0.137. The minimum absolute atomic E-state index is 0.0713. The molecule has 11 heavy (non-hydrogen) atoms. The van der Waals surface area contributed by atoms with Crippen LogP contribution in [0, 0.1) is 5.92 Å². The fourth-order valence-electron chi connectivity index (χ4n) is 0.655. The minimum atomic E-state index is -0.934. The molecule has 0 aliphatic carbocycles. The number of rotatable bonds is 4. The molecule has 0 aromatic carbocycles. The fourth-order valence-corrected chi connectivity index (χ4v) is 0.655. The molecule has 0 spiro atoms. The Morgan fingerprint density at radius 2 is 2.45 bits per heavy atom. The van der Waals surface area contributed by atoms with E-state index in [2.05, 4.69) is 10.0 Å². The van der Waals surface area contributed by atoms with Gasteiger partial charge in [-0.3, -0.25) is 4.79 Å². The molecule has 5 nitrogen and oxygen atoms in total. The van der Waals surface area contributed by atoms with Crippen LogP contribution in [0.5, 0.6) is 0 Å². The molecule has 1 N–H and O–H groups in total. The summed E-state index contributed by atoms with van der Waals surface area (Å²) in [5.41, 5.74) is 8.06. The van der Waals surface area contributed by atoms with Gasteiger partial charge in [0.25, 0.3) is 0 Å². The zero-order valence-electron chi connectivity index (χ0n) is 16.6. The summed E-state index contributed by atoms with van der Waals surface area (Å²) in [6.07, 6.45) is -0.0955. The van der Waals surface area contributed by atoms with E-state index >= 15 is 0 Å². The summed E-state index contributed by atoms with van der Waals surface area (Å²) in [6, 6.07) is -0.433. The van der Waals surface area contributed by atoms with E-state index in [1.165, 1.54) is 0 Å². The Balaban J connectivity index is -0.0000000474. The van der Waals surface area contributed by atoms with Crippen molar-refractivity contribution in [2.45, 2.75) is 26.3 Å². The van der Waals surface area contributed by atoms with Gasteiger partial charge in [-0.2, -0.15) is 0 Å². The Labute approximate surface area is 80.1 Å². The lowest BCUT2D eigenvalue weighted by Crippen LogP contribution is -2.16. The van der Waals surface area contributed by atoms with E-state index < -0.39 is 12.0 Å². The van der Waals surface area contributed by atoms with Crippen LogP contribution in [0.1, 0.15) is 35.1 Å². The van der Waals surface area contributed by atoms with Crippen LogP contribution in [0.4, 0.5) is 0 Å². The molecule has 0 unspecified atom stereocenters. The van der Waals surface area contributed by atoms with E-state index in [-0.39, 0.29) is 12.3 Å². The van der Waals surface area contributed by atoms with E-state index in [1.807, 2.05) is 13.8 Å². The molecule has 5 heteroatoms. The largest absolute Gasteiger partial charge is 0.481 e. The van der Waals surface area contributed by atoms with Crippen molar-refractivity contribution in [3.8, 4) is 0 Å². The summed E-state index contributed by atoms with van der Waals surface area (Å²) < 4.78 is 50.0. The van der Waals surface area contributed by atoms with Gasteiger partial charge in [0.1, 0.15) is 0 Å². The molecule has 72 valence electrons. The molecule has 0 rings (SSSR count). The lowest BCUT2D eigenvalue weighted by atomic mass is 10.0. The highest BCUT2D eigenvalue weighted by Crippen LogP contribution is 2.10. The van der Waals surface area contributed by atoms with E-state index in [0.717, 1.165) is 0 Å². The second-order valence-corrected chi connectivity index (χ2v) is 2.61. The van der Waals surface area contributed by atoms with Crippen LogP contribution < -0.4 is 0 Å². The van der Waals surface area contributed by atoms with Crippen LogP contribution in [0.3, 0.4) is 0 Å². The second-order valence-electron chi connectivity index (χ2n) is 2.61. The summed E-state index contributed by atoms with van der Waals surface area (Å²) >= 11 is 0. The van der Waals surface area contributed by atoms with Crippen LogP contribution in [0.25, 0.3) is 10.4 Å². The molecular weight excluding hydrogens is 146 g/mol. The molecule has 0 saturated carbocycles. The summed E-state index contributed by atoms with van der Waals surface area (Å²) in [5, 5.41) is 11.7. The lowest BCUT2D eigenvalue weighted by Gasteiger charge is -2.10. The molecule has 0 radical (unpaired) electrons. The fraction of sp³-hybridized carbons (Fsp3) is 0.833. The first kappa shape index (κ1) is 3.97. The first-order chi connectivity index (χ1) is 10.1. The monoisotopic (exact) mass is 177 g/mol. The van der Waals surface area contributed by atoms with Gasteiger partial charge in [-0.1, -0.05) is 19.0 Å². The Kier molecular flexibility index (Phi) is 1.65. The maximum atomic E-state index is 10.2. The zero-order valence-corrected chi connectivity index (χ0v) is 6.56. The minimum Gasteiger partial charge on any atom is -0.481 e. The van der Waals surface area contributed by atoms with Crippen LogP contribution in [0.2, 0.25) is 0 Å². The van der Waals surface area contributed by atoms with Crippen molar-refractivity contribution in [2.24, 2.45) is 11.0 Å². The summed E-state index contributed by atoms with van der Waals surface area (Å²) in [5.74, 6) is -0.863. The number of carboxylic acids is 1. The molecule has 0 fully saturated rings. The van der Waals surface area contributed by atoms with Gasteiger partial charge >= 0.3 is 5.97 Å². The van der Waals surface area contributed by atoms with Crippen molar-refractivity contribution in [2.75, 3.05) is 0 Å². The average Bonchev–Trinajstić information content (AvgIpc) is 2.56. The number of nitrogens with zero attached hydrogens (tertiary/aromatic N) is 3. The van der Waals surface area contributed by atoms with Crippen molar-refractivity contribution >= 4 is 5.97 Å². The Morgan fingerprint density at radius 3 is 2.73 bits per heavy atom. The van der Waals surface area contributed by atoms with Crippen molar-refractivity contribution < 1.29 is 24.7 Å². The maximum absolute atomic E-state index is 10.2. The quantitative estimate of drug-likeness (QED) is 0.406. The highest BCUT2D eigenvalue weighted by Gasteiger charge is 2.14. The van der Waals surface area contributed by atoms with Crippen LogP contribution in [0.15, 0.2) is 5.11 Å². The summed E-state index contributed by atoms with van der Waals surface area (Å²) in [7, 11) is 0. The van der Waals surface area contributed by atoms with Crippen molar-refractivity contribution in [1.82, 2.24) is 0 Å². The SMILES string of the molecule is CC(C)[C@H](CC(=O)O)N=[N+]=[N-].[2H][2H].[2H][2H].[2H][2H].[2H][2H].[2H][2H]. The molecule has 0 aromatic rings. The number of azide groups is 1. The molecule has 0 amide bonds. The highest BCUT2D eigenvalue weighted by atomic mass is 16.4. The van der Waals surface area contributed by atoms with E-state index in [9.17, 15) is 4.79 Å². The van der Waals surface area contributed by atoms with Crippen LogP contribution in [-0.2, 0) is 4.79 Å². The van der Waals surface area contributed by atoms with Gasteiger partial charge in [0.05, 0.1) is 12.5 Å². The molecule has 0 aliphatic heterocycles. The van der Waals surface area contributed by atoms with Gasteiger partial charge in [-0.25, -0.2) is 0 Å². The van der Waals surface area contributed by atoms with Crippen molar-refractivity contribution in [3.05, 3.63) is 10.4 Å². The van der Waals surface area contributed by atoms with Gasteiger partial charge in [0, 0.05) is 19.8 Å². The Hall–Kier alpha value is -1.22. The van der Waals surface area contributed by atoms with Gasteiger partial charge in [-0.05, 0) is 11.4 Å². The molecule has 0 aliphatic rings. The number of hydrogen-bond acceptors (Lipinski definition) is 2. The molecular formula is C6H21N3O2. The number of aliphatic carboxylic acids is 1. The predicted molar refractivity (Wildman–Crippen MR) is 50.6 cm³/mol. The molecule has 0 heterocycles. The molecule has 1 atom stereocenters. The van der Waals surface area contributed by atoms with Gasteiger partial charge < -0.3 is 5.11 Å². The van der Waals surface area contributed by atoms with Gasteiger partial charge in [-0.15, -0.1) is 0 Å². The summed E-state index contributed by atoms with van der Waals surface area (Å²) in [6.45, 7) is 3.64. The van der Waals surface area contributed by atoms with Crippen molar-refractivity contribution in [3.63, 3.8) is 0 Å². The molecule has 0 saturated heterocycles. The van der Waals surface area contributed by atoms with Crippen LogP contribution >= 0.6 is 0 Å². The van der Waals surface area contributed by atoms with E-state index in [4.69, 9.17) is 25.5 Å². The summed E-state index contributed by atoms with van der Waals surface area (Å²) in [4.78, 5) is 12.8. The third-order valence-corrected chi connectivity index (χ3v) is 1.35. The van der Waals surface area contributed by atoms with Gasteiger partial charge in [0.2, 0.25) is 0 Å². The Morgan fingerprint density at radius 1 is 1.91 bits per heavy atom.